The molecule has 0 aliphatic rings. The maximum Gasteiger partial charge on any atom is 0.206 e. The van der Waals surface area contributed by atoms with Crippen molar-refractivity contribution < 1.29 is 28.1 Å². The molecule has 2 aromatic rings. The molecule has 0 bridgehead atoms. The third kappa shape index (κ3) is 4.26. The van der Waals surface area contributed by atoms with E-state index < -0.39 is 9.84 Å². The van der Waals surface area contributed by atoms with Gasteiger partial charge in [0, 0.05) is 25.3 Å². The van der Waals surface area contributed by atoms with E-state index in [1.807, 2.05) is 13.8 Å². The number of benzene rings is 2. The van der Waals surface area contributed by atoms with E-state index in [1.54, 1.807) is 0 Å². The molecule has 0 aliphatic heterocycles. The Kier molecular flexibility index (Phi) is 6.86. The first-order valence-electron chi connectivity index (χ1n) is 8.72. The Morgan fingerprint density at radius 1 is 0.741 bits per heavy atom. The zero-order chi connectivity index (χ0) is 20.2. The van der Waals surface area contributed by atoms with Gasteiger partial charge in [0.1, 0.15) is 11.5 Å². The van der Waals surface area contributed by atoms with Crippen LogP contribution in [0.15, 0.2) is 34.1 Å². The van der Waals surface area contributed by atoms with Gasteiger partial charge in [-0.2, -0.15) is 0 Å². The number of hydrogen-bond acceptors (Lipinski definition) is 6. The lowest BCUT2D eigenvalue weighted by atomic mass is 10.1. The average molecular weight is 394 g/mol. The highest BCUT2D eigenvalue weighted by atomic mass is 32.2. The Hall–Kier alpha value is -2.09. The second-order valence-corrected chi connectivity index (χ2v) is 8.21. The van der Waals surface area contributed by atoms with Crippen molar-refractivity contribution in [1.82, 2.24) is 0 Å². The molecule has 2 aromatic carbocycles. The van der Waals surface area contributed by atoms with Crippen molar-refractivity contribution in [3.63, 3.8) is 0 Å². The molecule has 2 N–H and O–H groups in total. The van der Waals surface area contributed by atoms with Gasteiger partial charge in [0.2, 0.25) is 9.84 Å². The fourth-order valence-corrected chi connectivity index (χ4v) is 4.43. The topological polar surface area (TPSA) is 93.1 Å². The van der Waals surface area contributed by atoms with E-state index in [-0.39, 0.29) is 34.5 Å². The lowest BCUT2D eigenvalue weighted by Crippen LogP contribution is -2.07. The summed E-state index contributed by atoms with van der Waals surface area (Å²) in [6.07, 6.45) is 1.03. The highest BCUT2D eigenvalue weighted by Gasteiger charge is 2.23. The third-order valence-electron chi connectivity index (χ3n) is 4.46. The number of phenols is 2. The minimum Gasteiger partial charge on any atom is -0.507 e. The van der Waals surface area contributed by atoms with Crippen LogP contribution >= 0.6 is 0 Å². The van der Waals surface area contributed by atoms with Crippen molar-refractivity contribution in [2.75, 3.05) is 14.2 Å². The quantitative estimate of drug-likeness (QED) is 0.713. The van der Waals surface area contributed by atoms with Gasteiger partial charge in [0.05, 0.1) is 23.0 Å². The number of hydrogen-bond donors (Lipinski definition) is 2. The van der Waals surface area contributed by atoms with E-state index in [2.05, 4.69) is 0 Å². The fourth-order valence-electron chi connectivity index (χ4n) is 2.97. The van der Waals surface area contributed by atoms with Gasteiger partial charge in [0.15, 0.2) is 0 Å². The minimum atomic E-state index is -3.85. The summed E-state index contributed by atoms with van der Waals surface area (Å²) in [5.41, 5.74) is 1.91. The number of phenolic OH excluding ortho intramolecular Hbond substituents is 2. The molecule has 0 unspecified atom stereocenters. The van der Waals surface area contributed by atoms with Crippen LogP contribution in [0.25, 0.3) is 0 Å². The summed E-state index contributed by atoms with van der Waals surface area (Å²) in [5.74, 6) is 0.108. The van der Waals surface area contributed by atoms with E-state index in [4.69, 9.17) is 9.47 Å². The first-order chi connectivity index (χ1) is 12.8. The largest absolute Gasteiger partial charge is 0.507 e. The molecule has 0 saturated heterocycles. The Bertz CT molecular complexity index is 866. The number of sulfone groups is 1. The molecule has 148 valence electrons. The smallest absolute Gasteiger partial charge is 0.206 e. The third-order valence-corrected chi connectivity index (χ3v) is 6.18. The van der Waals surface area contributed by atoms with E-state index in [1.165, 1.54) is 38.5 Å². The summed E-state index contributed by atoms with van der Waals surface area (Å²) in [6.45, 7) is 3.86. The summed E-state index contributed by atoms with van der Waals surface area (Å²) >= 11 is 0. The van der Waals surface area contributed by atoms with Gasteiger partial charge < -0.3 is 19.7 Å². The molecule has 0 aliphatic carbocycles. The Morgan fingerprint density at radius 3 is 1.41 bits per heavy atom. The van der Waals surface area contributed by atoms with Crippen LogP contribution in [-0.2, 0) is 45.4 Å². The van der Waals surface area contributed by atoms with Crippen molar-refractivity contribution in [2.45, 2.75) is 49.7 Å². The minimum absolute atomic E-state index is 0.0353. The first kappa shape index (κ1) is 21.2. The normalized spacial score (nSPS) is 11.7. The van der Waals surface area contributed by atoms with Crippen LogP contribution in [0.5, 0.6) is 11.5 Å². The zero-order valence-corrected chi connectivity index (χ0v) is 16.9. The van der Waals surface area contributed by atoms with Crippen LogP contribution in [0.3, 0.4) is 0 Å². The lowest BCUT2D eigenvalue weighted by molar-refractivity contribution is 0.174. The van der Waals surface area contributed by atoms with Crippen molar-refractivity contribution in [3.8, 4) is 11.5 Å². The SMILES string of the molecule is CCc1cc(S(=O)(=O)c2cc(COC)c(O)c(COC)c2)cc(CC)c1O. The summed E-state index contributed by atoms with van der Waals surface area (Å²) in [4.78, 5) is 0.167. The average Bonchev–Trinajstić information content (AvgIpc) is 2.65. The van der Waals surface area contributed by atoms with Crippen LogP contribution in [0.4, 0.5) is 0 Å². The summed E-state index contributed by atoms with van der Waals surface area (Å²) in [5, 5.41) is 20.6. The molecule has 0 atom stereocenters. The Morgan fingerprint density at radius 2 is 1.07 bits per heavy atom. The van der Waals surface area contributed by atoms with Gasteiger partial charge in [0.25, 0.3) is 0 Å². The molecule has 2 rings (SSSR count). The molecule has 0 aromatic heterocycles. The molecule has 27 heavy (non-hydrogen) atoms. The number of aryl methyl sites for hydroxylation is 2. The van der Waals surface area contributed by atoms with E-state index >= 15 is 0 Å². The zero-order valence-electron chi connectivity index (χ0n) is 16.1. The van der Waals surface area contributed by atoms with Crippen LogP contribution in [0, 0.1) is 0 Å². The molecule has 0 saturated carbocycles. The van der Waals surface area contributed by atoms with Crippen LogP contribution in [0.2, 0.25) is 0 Å². The fraction of sp³-hybridized carbons (Fsp3) is 0.400. The second-order valence-electron chi connectivity index (χ2n) is 6.26. The van der Waals surface area contributed by atoms with Crippen molar-refractivity contribution in [2.24, 2.45) is 0 Å². The van der Waals surface area contributed by atoms with Crippen molar-refractivity contribution in [1.29, 1.82) is 0 Å². The van der Waals surface area contributed by atoms with Crippen molar-refractivity contribution >= 4 is 9.84 Å². The van der Waals surface area contributed by atoms with E-state index in [9.17, 15) is 18.6 Å². The van der Waals surface area contributed by atoms with E-state index in [0.29, 0.717) is 35.1 Å². The highest BCUT2D eigenvalue weighted by molar-refractivity contribution is 7.91. The van der Waals surface area contributed by atoms with Gasteiger partial charge in [-0.05, 0) is 48.2 Å². The van der Waals surface area contributed by atoms with E-state index in [0.717, 1.165) is 0 Å². The number of rotatable bonds is 8. The predicted octanol–water partition coefficient (Wildman–Crippen LogP) is 3.35. The first-order valence-corrected chi connectivity index (χ1v) is 10.2. The molecule has 0 amide bonds. The second kappa shape index (κ2) is 8.73. The van der Waals surface area contributed by atoms with Crippen molar-refractivity contribution in [3.05, 3.63) is 46.5 Å². The van der Waals surface area contributed by atoms with Gasteiger partial charge >= 0.3 is 0 Å². The molecule has 0 radical (unpaired) electrons. The molecule has 6 nitrogen and oxygen atoms in total. The van der Waals surface area contributed by atoms with Crippen LogP contribution in [-0.4, -0.2) is 32.9 Å². The maximum atomic E-state index is 13.3. The molecule has 7 heteroatoms. The molecule has 0 spiro atoms. The summed E-state index contributed by atoms with van der Waals surface area (Å²) in [6, 6.07) is 5.83. The molecular weight excluding hydrogens is 368 g/mol. The standard InChI is InChI=1S/C20H26O6S/c1-5-13-7-17(8-14(6-2)19(13)21)27(23,24)18-9-15(11-25-3)20(22)16(10-18)12-26-4/h7-10,21-22H,5-6,11-12H2,1-4H3. The molecular formula is C20H26O6S. The Labute approximate surface area is 160 Å². The maximum absolute atomic E-state index is 13.3. The Balaban J connectivity index is 2.69. The van der Waals surface area contributed by atoms with Gasteiger partial charge in [-0.25, -0.2) is 8.42 Å². The molecule has 0 heterocycles. The van der Waals surface area contributed by atoms with Gasteiger partial charge in [-0.3, -0.25) is 0 Å². The van der Waals surface area contributed by atoms with Crippen LogP contribution in [0.1, 0.15) is 36.1 Å². The summed E-state index contributed by atoms with van der Waals surface area (Å²) in [7, 11) is -0.913. The number of methoxy groups -OCH3 is 2. The monoisotopic (exact) mass is 394 g/mol. The lowest BCUT2D eigenvalue weighted by Gasteiger charge is -2.15. The molecule has 0 fully saturated rings. The van der Waals surface area contributed by atoms with Gasteiger partial charge in [-0.15, -0.1) is 0 Å². The summed E-state index contributed by atoms with van der Waals surface area (Å²) < 4.78 is 36.7. The van der Waals surface area contributed by atoms with Crippen LogP contribution < -0.4 is 0 Å². The highest BCUT2D eigenvalue weighted by Crippen LogP contribution is 2.34. The number of aromatic hydroxyl groups is 2. The van der Waals surface area contributed by atoms with Gasteiger partial charge in [-0.1, -0.05) is 13.8 Å². The predicted molar refractivity (Wildman–Crippen MR) is 102 cm³/mol. The number of ether oxygens (including phenoxy) is 2.